The first-order valence-electron chi connectivity index (χ1n) is 30.8. The van der Waals surface area contributed by atoms with Crippen molar-refractivity contribution in [1.29, 1.82) is 0 Å². The molecule has 15 aromatic rings. The van der Waals surface area contributed by atoms with Gasteiger partial charge in [0.05, 0.1) is 37.1 Å². The van der Waals surface area contributed by atoms with Crippen LogP contribution in [0.1, 0.15) is 68.2 Å². The molecule has 0 amide bonds. The lowest BCUT2D eigenvalue weighted by Crippen LogP contribution is -2.14. The normalized spacial score (nSPS) is 11.6. The van der Waals surface area contributed by atoms with Crippen LogP contribution in [0.3, 0.4) is 0 Å². The standard InChI is InChI=1S/3C23H18ClN5O.2C2H2O4/c3*24-20-8-4-7-18(13-20)23(28-12-11-25-16-28)19-9-10-21-22(14-19)29(27-26-21)30-15-17-5-2-1-3-6-17;2*3-1(4)2(5)6/h3*1-14,16,23H,15H2;2*(H,3,4)(H,5,6). The van der Waals surface area contributed by atoms with Crippen LogP contribution in [0.25, 0.3) is 33.1 Å². The third-order valence-electron chi connectivity index (χ3n) is 15.2. The summed E-state index contributed by atoms with van der Waals surface area (Å²) in [6.45, 7) is 1.22. The molecule has 26 nitrogen and oxygen atoms in total. The number of nitrogens with zero attached hydrogens (tertiary/aromatic N) is 15. The Morgan fingerprint density at radius 2 is 0.598 bits per heavy atom. The maximum atomic E-state index is 9.10. The first-order chi connectivity index (χ1) is 49.6. The quantitative estimate of drug-likeness (QED) is 0.0580. The average Bonchev–Trinajstić information content (AvgIpc) is 1.55. The van der Waals surface area contributed by atoms with E-state index in [0.29, 0.717) is 34.9 Å². The van der Waals surface area contributed by atoms with Crippen LogP contribution in [0.2, 0.25) is 15.1 Å². The summed E-state index contributed by atoms with van der Waals surface area (Å²) in [7, 11) is 0. The van der Waals surface area contributed by atoms with Gasteiger partial charge in [-0.1, -0.05) is 195 Å². The summed E-state index contributed by atoms with van der Waals surface area (Å²) in [4.78, 5) is 71.2. The molecule has 102 heavy (non-hydrogen) atoms. The molecule has 0 bridgehead atoms. The number of benzene rings is 9. The van der Waals surface area contributed by atoms with Gasteiger partial charge < -0.3 is 48.6 Å². The van der Waals surface area contributed by atoms with Gasteiger partial charge in [0.2, 0.25) is 0 Å². The van der Waals surface area contributed by atoms with E-state index in [2.05, 4.69) is 64.1 Å². The van der Waals surface area contributed by atoms with Gasteiger partial charge in [-0.05, 0) is 139 Å². The van der Waals surface area contributed by atoms with E-state index in [1.54, 1.807) is 37.6 Å². The smallest absolute Gasteiger partial charge is 0.414 e. The molecular weight excluding hydrogens is 1370 g/mol. The Hall–Kier alpha value is -13.0. The van der Waals surface area contributed by atoms with Crippen LogP contribution in [0.4, 0.5) is 0 Å². The Kier molecular flexibility index (Phi) is 23.4. The minimum atomic E-state index is -1.82. The first-order valence-corrected chi connectivity index (χ1v) is 31.9. The topological polar surface area (TPSA) is 322 Å². The highest BCUT2D eigenvalue weighted by molar-refractivity contribution is 6.31. The minimum absolute atomic E-state index is 0.0897. The number of rotatable bonds is 18. The van der Waals surface area contributed by atoms with Crippen LogP contribution in [-0.2, 0) is 39.0 Å². The van der Waals surface area contributed by atoms with Crippen molar-refractivity contribution in [3.8, 4) is 0 Å². The number of aromatic nitrogens is 15. The van der Waals surface area contributed by atoms with Crippen LogP contribution >= 0.6 is 34.8 Å². The van der Waals surface area contributed by atoms with E-state index in [1.807, 2.05) is 232 Å². The highest BCUT2D eigenvalue weighted by Gasteiger charge is 2.23. The van der Waals surface area contributed by atoms with Crippen molar-refractivity contribution < 1.29 is 54.1 Å². The summed E-state index contributed by atoms with van der Waals surface area (Å²) in [6.07, 6.45) is 16.5. The van der Waals surface area contributed by atoms with Crippen molar-refractivity contribution in [1.82, 2.24) is 74.1 Å². The maximum absolute atomic E-state index is 9.10. The number of fused-ring (bicyclic) bond motifs is 3. The lowest BCUT2D eigenvalue weighted by molar-refractivity contribution is -0.159. The van der Waals surface area contributed by atoms with Gasteiger partial charge in [-0.15, -0.1) is 15.3 Å². The Bertz CT molecular complexity index is 4720. The maximum Gasteiger partial charge on any atom is 0.414 e. The van der Waals surface area contributed by atoms with Crippen LogP contribution in [-0.4, -0.2) is 118 Å². The fourth-order valence-electron chi connectivity index (χ4n) is 10.6. The lowest BCUT2D eigenvalue weighted by Gasteiger charge is -2.20. The molecule has 0 spiro atoms. The molecule has 29 heteroatoms. The first kappa shape index (κ1) is 70.3. The van der Waals surface area contributed by atoms with Gasteiger partial charge >= 0.3 is 23.9 Å². The fourth-order valence-corrected chi connectivity index (χ4v) is 11.2. The predicted molar refractivity (Wildman–Crippen MR) is 376 cm³/mol. The molecule has 0 saturated carbocycles. The molecule has 6 aromatic heterocycles. The van der Waals surface area contributed by atoms with Crippen molar-refractivity contribution >= 4 is 91.8 Å². The molecule has 0 saturated heterocycles. The van der Waals surface area contributed by atoms with Crippen molar-refractivity contribution in [3.05, 3.63) is 340 Å². The van der Waals surface area contributed by atoms with Crippen LogP contribution in [0, 0.1) is 0 Å². The zero-order valence-corrected chi connectivity index (χ0v) is 55.6. The highest BCUT2D eigenvalue weighted by Crippen LogP contribution is 2.34. The molecule has 0 aliphatic carbocycles. The molecule has 0 aliphatic rings. The van der Waals surface area contributed by atoms with Crippen LogP contribution in [0.5, 0.6) is 0 Å². The second-order valence-corrected chi connectivity index (χ2v) is 23.3. The number of imidazole rings is 3. The van der Waals surface area contributed by atoms with E-state index in [-0.39, 0.29) is 18.1 Å². The molecule has 6 heterocycles. The SMILES string of the molecule is Clc1cccc(C(c2ccc3nnn(OCc4ccccc4)c3c2)n2ccnc2)c1.Clc1cccc(C(c2ccc3nnn(OCc4ccccc4)c3c2)n2ccnc2)c1.Clc1cccc(C(c2ccc3nnn(OCc4ccccc4)c3c2)n2ccnc2)c1.O=C(O)C(=O)O.O=C(O)C(=O)O. The Labute approximate surface area is 594 Å². The van der Waals surface area contributed by atoms with Gasteiger partial charge in [0, 0.05) is 52.2 Å². The monoisotopic (exact) mass is 1430 g/mol. The van der Waals surface area contributed by atoms with Crippen LogP contribution in [0.15, 0.2) is 275 Å². The van der Waals surface area contributed by atoms with E-state index in [4.69, 9.17) is 88.9 Å². The summed E-state index contributed by atoms with van der Waals surface area (Å²) < 4.78 is 6.14. The van der Waals surface area contributed by atoms with Gasteiger partial charge in [0.15, 0.2) is 0 Å². The molecule has 0 aliphatic heterocycles. The minimum Gasteiger partial charge on any atom is -0.473 e. The van der Waals surface area contributed by atoms with E-state index in [1.165, 1.54) is 14.5 Å². The zero-order valence-electron chi connectivity index (χ0n) is 53.3. The van der Waals surface area contributed by atoms with Crippen LogP contribution < -0.4 is 14.5 Å². The second kappa shape index (κ2) is 34.0. The molecular formula is C73H58Cl3N15O11. The number of halogens is 3. The summed E-state index contributed by atoms with van der Waals surface area (Å²) in [5.74, 6) is -7.30. The lowest BCUT2D eigenvalue weighted by atomic mass is 9.98. The summed E-state index contributed by atoms with van der Waals surface area (Å²) >= 11 is 18.8. The van der Waals surface area contributed by atoms with Crippen molar-refractivity contribution in [3.63, 3.8) is 0 Å². The molecule has 512 valence electrons. The Morgan fingerprint density at radius 3 is 0.833 bits per heavy atom. The van der Waals surface area contributed by atoms with Crippen molar-refractivity contribution in [2.75, 3.05) is 0 Å². The van der Waals surface area contributed by atoms with E-state index >= 15 is 0 Å². The molecule has 9 aromatic carbocycles. The predicted octanol–water partition coefficient (Wildman–Crippen LogP) is 12.0. The van der Waals surface area contributed by atoms with Gasteiger partial charge in [-0.25, -0.2) is 34.1 Å². The fraction of sp³-hybridized carbons (Fsp3) is 0.0822. The number of hydrogen-bond acceptors (Lipinski definition) is 16. The number of aliphatic carboxylic acids is 4. The number of carboxylic acids is 4. The van der Waals surface area contributed by atoms with Gasteiger partial charge in [-0.2, -0.15) is 0 Å². The Balaban J connectivity index is 0.000000142. The molecule has 0 radical (unpaired) electrons. The van der Waals surface area contributed by atoms with Gasteiger partial charge in [0.1, 0.15) is 52.9 Å². The van der Waals surface area contributed by atoms with Crippen molar-refractivity contribution in [2.24, 2.45) is 0 Å². The van der Waals surface area contributed by atoms with Crippen molar-refractivity contribution in [2.45, 2.75) is 37.9 Å². The largest absolute Gasteiger partial charge is 0.473 e. The zero-order chi connectivity index (χ0) is 71.3. The average molecular weight is 1430 g/mol. The molecule has 15 rings (SSSR count). The second-order valence-electron chi connectivity index (χ2n) is 22.0. The molecule has 0 fully saturated rings. The molecule has 4 N–H and O–H groups in total. The van der Waals surface area contributed by atoms with Gasteiger partial charge in [-0.3, -0.25) is 0 Å². The van der Waals surface area contributed by atoms with E-state index < -0.39 is 23.9 Å². The molecule has 3 atom stereocenters. The third-order valence-corrected chi connectivity index (χ3v) is 15.9. The summed E-state index contributed by atoms with van der Waals surface area (Å²) in [6, 6.07) is 71.3. The highest BCUT2D eigenvalue weighted by atomic mass is 35.5. The number of carbonyl (C=O) groups is 4. The number of carboxylic acid groups (broad SMARTS) is 4. The Morgan fingerprint density at radius 1 is 0.333 bits per heavy atom. The summed E-state index contributed by atoms with van der Waals surface area (Å²) in [5, 5.41) is 56.8. The van der Waals surface area contributed by atoms with Gasteiger partial charge in [0.25, 0.3) is 0 Å². The number of hydrogen-bond donors (Lipinski definition) is 4. The van der Waals surface area contributed by atoms with E-state index in [9.17, 15) is 0 Å². The van der Waals surface area contributed by atoms with E-state index in [0.717, 1.165) is 83.2 Å². The molecule has 3 unspecified atom stereocenters. The summed E-state index contributed by atoms with van der Waals surface area (Å²) in [5.41, 5.74) is 14.2. The third kappa shape index (κ3) is 18.4.